The second-order valence-corrected chi connectivity index (χ2v) is 5.70. The molecule has 0 heterocycles. The maximum atomic E-state index is 13.1. The Morgan fingerprint density at radius 3 is 2.23 bits per heavy atom. The number of hydrogen-bond acceptors (Lipinski definition) is 2. The number of carbonyl (C=O) groups excluding carboxylic acids is 1. The fourth-order valence-corrected chi connectivity index (χ4v) is 2.97. The van der Waals surface area contributed by atoms with Gasteiger partial charge in [-0.15, -0.1) is 0 Å². The topological polar surface area (TPSA) is 29.5 Å². The molecule has 0 atom stereocenters. The maximum absolute atomic E-state index is 13.1. The minimum atomic E-state index is -0.349. The summed E-state index contributed by atoms with van der Waals surface area (Å²) in [5, 5.41) is 0. The molecular formula is C19H21NO2. The highest BCUT2D eigenvalue weighted by Gasteiger charge is 2.53. The molecule has 1 aliphatic carbocycles. The van der Waals surface area contributed by atoms with Crippen LogP contribution < -0.4 is 9.64 Å². The number of anilines is 1. The number of nitrogens with zero attached hydrogens (tertiary/aromatic N) is 1. The molecule has 22 heavy (non-hydrogen) atoms. The molecule has 3 rings (SSSR count). The van der Waals surface area contributed by atoms with Gasteiger partial charge in [-0.3, -0.25) is 4.79 Å². The first-order chi connectivity index (χ1) is 10.7. The van der Waals surface area contributed by atoms with E-state index in [1.807, 2.05) is 66.4 Å². The molecule has 1 amide bonds. The van der Waals surface area contributed by atoms with Crippen molar-refractivity contribution < 1.29 is 9.53 Å². The number of ether oxygens (including phenoxy) is 1. The van der Waals surface area contributed by atoms with Gasteiger partial charge < -0.3 is 9.64 Å². The normalized spacial score (nSPS) is 15.2. The number of hydrogen-bond donors (Lipinski definition) is 0. The van der Waals surface area contributed by atoms with Gasteiger partial charge >= 0.3 is 0 Å². The fourth-order valence-electron chi connectivity index (χ4n) is 2.97. The van der Waals surface area contributed by atoms with Crippen molar-refractivity contribution in [3.05, 3.63) is 60.2 Å². The van der Waals surface area contributed by atoms with Gasteiger partial charge in [-0.25, -0.2) is 0 Å². The van der Waals surface area contributed by atoms with Gasteiger partial charge in [0.05, 0.1) is 12.5 Å². The highest BCUT2D eigenvalue weighted by Crippen LogP contribution is 2.50. The molecule has 0 bridgehead atoms. The van der Waals surface area contributed by atoms with Gasteiger partial charge in [-0.2, -0.15) is 0 Å². The van der Waals surface area contributed by atoms with Crippen molar-refractivity contribution in [2.45, 2.75) is 25.2 Å². The average molecular weight is 295 g/mol. The minimum absolute atomic E-state index is 0.200. The molecule has 3 nitrogen and oxygen atoms in total. The molecule has 2 aromatic rings. The zero-order valence-electron chi connectivity index (χ0n) is 13.1. The van der Waals surface area contributed by atoms with Crippen LogP contribution in [0.2, 0.25) is 0 Å². The zero-order valence-corrected chi connectivity index (χ0v) is 13.1. The number of benzene rings is 2. The van der Waals surface area contributed by atoms with E-state index >= 15 is 0 Å². The second kappa shape index (κ2) is 5.84. The summed E-state index contributed by atoms with van der Waals surface area (Å²) in [6, 6.07) is 17.8. The molecule has 0 N–H and O–H groups in total. The summed E-state index contributed by atoms with van der Waals surface area (Å²) in [5.74, 6) is 1.02. The third kappa shape index (κ3) is 2.47. The average Bonchev–Trinajstić information content (AvgIpc) is 3.38. The van der Waals surface area contributed by atoms with Crippen LogP contribution in [0.25, 0.3) is 0 Å². The molecule has 114 valence electrons. The smallest absolute Gasteiger partial charge is 0.237 e. The Kier molecular flexibility index (Phi) is 3.88. The number of para-hydroxylation sites is 1. The van der Waals surface area contributed by atoms with Crippen LogP contribution in [-0.2, 0) is 10.2 Å². The molecule has 1 saturated carbocycles. The van der Waals surface area contributed by atoms with E-state index in [0.717, 1.165) is 29.8 Å². The van der Waals surface area contributed by atoms with Gasteiger partial charge in [0.2, 0.25) is 5.91 Å². The minimum Gasteiger partial charge on any atom is -0.497 e. The summed E-state index contributed by atoms with van der Waals surface area (Å²) >= 11 is 0. The van der Waals surface area contributed by atoms with E-state index in [2.05, 4.69) is 0 Å². The van der Waals surface area contributed by atoms with Gasteiger partial charge in [0, 0.05) is 12.2 Å². The molecular weight excluding hydrogens is 274 g/mol. The quantitative estimate of drug-likeness (QED) is 0.840. The van der Waals surface area contributed by atoms with Gasteiger partial charge in [0.1, 0.15) is 5.75 Å². The Morgan fingerprint density at radius 1 is 1.09 bits per heavy atom. The summed E-state index contributed by atoms with van der Waals surface area (Å²) in [5.41, 5.74) is 1.71. The number of rotatable bonds is 5. The molecule has 1 aliphatic rings. The van der Waals surface area contributed by atoms with E-state index in [1.165, 1.54) is 0 Å². The van der Waals surface area contributed by atoms with Crippen LogP contribution in [0.3, 0.4) is 0 Å². The Balaban J connectivity index is 1.89. The summed E-state index contributed by atoms with van der Waals surface area (Å²) in [6.45, 7) is 2.70. The van der Waals surface area contributed by atoms with Crippen molar-refractivity contribution in [3.8, 4) is 5.75 Å². The number of methoxy groups -OCH3 is 1. The van der Waals surface area contributed by atoms with Crippen molar-refractivity contribution in [3.63, 3.8) is 0 Å². The highest BCUT2D eigenvalue weighted by atomic mass is 16.5. The Labute approximate surface area is 131 Å². The van der Waals surface area contributed by atoms with E-state index in [4.69, 9.17) is 4.74 Å². The Bertz CT molecular complexity index is 645. The van der Waals surface area contributed by atoms with Crippen LogP contribution in [0.5, 0.6) is 5.75 Å². The largest absolute Gasteiger partial charge is 0.497 e. The molecule has 0 unspecified atom stereocenters. The van der Waals surface area contributed by atoms with Crippen molar-refractivity contribution in [2.24, 2.45) is 0 Å². The SMILES string of the molecule is CCN(C(=O)C1(c2ccc(OC)cc2)CC1)c1ccccc1. The van der Waals surface area contributed by atoms with E-state index in [1.54, 1.807) is 7.11 Å². The molecule has 0 spiro atoms. The van der Waals surface area contributed by atoms with Crippen molar-refractivity contribution >= 4 is 11.6 Å². The first-order valence-corrected chi connectivity index (χ1v) is 7.73. The standard InChI is InChI=1S/C19H21NO2/c1-3-20(16-7-5-4-6-8-16)18(21)19(13-14-19)15-9-11-17(22-2)12-10-15/h4-12H,3,13-14H2,1-2H3. The zero-order chi connectivity index (χ0) is 15.6. The summed E-state index contributed by atoms with van der Waals surface area (Å²) in [7, 11) is 1.65. The lowest BCUT2D eigenvalue weighted by Crippen LogP contribution is -2.39. The van der Waals surface area contributed by atoms with E-state index < -0.39 is 0 Å². The van der Waals surface area contributed by atoms with Crippen LogP contribution in [-0.4, -0.2) is 19.6 Å². The van der Waals surface area contributed by atoms with Gasteiger partial charge in [-0.1, -0.05) is 30.3 Å². The van der Waals surface area contributed by atoms with Crippen molar-refractivity contribution in [2.75, 3.05) is 18.6 Å². The lowest BCUT2D eigenvalue weighted by atomic mass is 9.94. The summed E-state index contributed by atoms with van der Waals surface area (Å²) in [6.07, 6.45) is 1.84. The number of amides is 1. The third-order valence-electron chi connectivity index (χ3n) is 4.43. The van der Waals surface area contributed by atoms with Gasteiger partial charge in [-0.05, 0) is 49.6 Å². The molecule has 0 radical (unpaired) electrons. The number of carbonyl (C=O) groups is 1. The lowest BCUT2D eigenvalue weighted by Gasteiger charge is -2.26. The first kappa shape index (κ1) is 14.6. The third-order valence-corrected chi connectivity index (χ3v) is 4.43. The molecule has 0 aromatic heterocycles. The molecule has 0 saturated heterocycles. The molecule has 0 aliphatic heterocycles. The van der Waals surface area contributed by atoms with Crippen LogP contribution in [0.1, 0.15) is 25.3 Å². The maximum Gasteiger partial charge on any atom is 0.237 e. The summed E-state index contributed by atoms with van der Waals surface area (Å²) < 4.78 is 5.21. The Hall–Kier alpha value is -2.29. The van der Waals surface area contributed by atoms with Crippen LogP contribution in [0.15, 0.2) is 54.6 Å². The predicted molar refractivity (Wildman–Crippen MR) is 88.4 cm³/mol. The predicted octanol–water partition coefficient (Wildman–Crippen LogP) is 3.78. The second-order valence-electron chi connectivity index (χ2n) is 5.70. The highest BCUT2D eigenvalue weighted by molar-refractivity contribution is 6.03. The van der Waals surface area contributed by atoms with E-state index in [-0.39, 0.29) is 11.3 Å². The number of likely N-dealkylation sites (N-methyl/N-ethyl adjacent to an activating group) is 1. The van der Waals surface area contributed by atoms with Crippen molar-refractivity contribution in [1.29, 1.82) is 0 Å². The molecule has 1 fully saturated rings. The van der Waals surface area contributed by atoms with Crippen molar-refractivity contribution in [1.82, 2.24) is 0 Å². The summed E-state index contributed by atoms with van der Waals surface area (Å²) in [4.78, 5) is 15.0. The van der Waals surface area contributed by atoms with Gasteiger partial charge in [0.15, 0.2) is 0 Å². The first-order valence-electron chi connectivity index (χ1n) is 7.73. The molecule has 2 aromatic carbocycles. The van der Waals surface area contributed by atoms with Crippen LogP contribution in [0.4, 0.5) is 5.69 Å². The monoisotopic (exact) mass is 295 g/mol. The lowest BCUT2D eigenvalue weighted by molar-refractivity contribution is -0.121. The fraction of sp³-hybridized carbons (Fsp3) is 0.316. The van der Waals surface area contributed by atoms with E-state index in [0.29, 0.717) is 6.54 Å². The van der Waals surface area contributed by atoms with Gasteiger partial charge in [0.25, 0.3) is 0 Å². The Morgan fingerprint density at radius 2 is 1.73 bits per heavy atom. The molecule has 3 heteroatoms. The van der Waals surface area contributed by atoms with Crippen LogP contribution in [0, 0.1) is 0 Å². The van der Waals surface area contributed by atoms with Crippen LogP contribution >= 0.6 is 0 Å². The van der Waals surface area contributed by atoms with E-state index in [9.17, 15) is 4.79 Å².